The second kappa shape index (κ2) is 9.36. The Bertz CT molecular complexity index is 524. The van der Waals surface area contributed by atoms with Crippen LogP contribution in [0.3, 0.4) is 0 Å². The number of hydrogen-bond donors (Lipinski definition) is 4. The van der Waals surface area contributed by atoms with E-state index < -0.39 is 41.9 Å². The van der Waals surface area contributed by atoms with Crippen LogP contribution in [-0.2, 0) is 19.2 Å². The summed E-state index contributed by atoms with van der Waals surface area (Å²) in [7, 11) is 0. The molecule has 9 heteroatoms. The van der Waals surface area contributed by atoms with E-state index in [0.29, 0.717) is 25.8 Å². The summed E-state index contributed by atoms with van der Waals surface area (Å²) >= 11 is 0. The molecule has 5 N–H and O–H groups in total. The zero-order chi connectivity index (χ0) is 19.1. The van der Waals surface area contributed by atoms with Crippen molar-refractivity contribution in [2.45, 2.75) is 64.1 Å². The molecule has 9 nitrogen and oxygen atoms in total. The van der Waals surface area contributed by atoms with Gasteiger partial charge in [-0.3, -0.25) is 14.4 Å². The zero-order valence-electron chi connectivity index (χ0n) is 14.6. The first-order valence-corrected chi connectivity index (χ1v) is 8.50. The van der Waals surface area contributed by atoms with Crippen molar-refractivity contribution < 1.29 is 29.4 Å². The Balaban J connectivity index is 2.83. The Morgan fingerprint density at radius 2 is 1.92 bits per heavy atom. The smallest absolute Gasteiger partial charge is 0.326 e. The lowest BCUT2D eigenvalue weighted by Crippen LogP contribution is -2.56. The third-order valence-electron chi connectivity index (χ3n) is 4.60. The second-order valence-corrected chi connectivity index (χ2v) is 6.44. The number of nitrogens with one attached hydrogen (secondary N) is 1. The van der Waals surface area contributed by atoms with Crippen molar-refractivity contribution in [3.8, 4) is 0 Å². The van der Waals surface area contributed by atoms with Gasteiger partial charge in [-0.2, -0.15) is 0 Å². The molecule has 0 bridgehead atoms. The van der Waals surface area contributed by atoms with Crippen molar-refractivity contribution >= 4 is 23.8 Å². The summed E-state index contributed by atoms with van der Waals surface area (Å²) in [6, 6.07) is -2.80. The van der Waals surface area contributed by atoms with Crippen LogP contribution in [-0.4, -0.2) is 63.5 Å². The third-order valence-corrected chi connectivity index (χ3v) is 4.60. The Morgan fingerprint density at radius 3 is 2.44 bits per heavy atom. The number of carbonyl (C=O) groups is 4. The number of carboxylic acid groups (broad SMARTS) is 2. The van der Waals surface area contributed by atoms with E-state index in [9.17, 15) is 24.3 Å². The van der Waals surface area contributed by atoms with Crippen LogP contribution < -0.4 is 11.1 Å². The van der Waals surface area contributed by atoms with Gasteiger partial charge in [-0.1, -0.05) is 20.3 Å². The molecule has 4 atom stereocenters. The minimum atomic E-state index is -1.06. The molecule has 1 fully saturated rings. The molecule has 0 aromatic carbocycles. The predicted molar refractivity (Wildman–Crippen MR) is 88.6 cm³/mol. The summed E-state index contributed by atoms with van der Waals surface area (Å²) in [5.41, 5.74) is 5.69. The van der Waals surface area contributed by atoms with Gasteiger partial charge in [0.15, 0.2) is 0 Å². The molecule has 1 saturated heterocycles. The molecule has 1 aliphatic rings. The molecule has 0 aromatic heterocycles. The van der Waals surface area contributed by atoms with Gasteiger partial charge in [0.1, 0.15) is 12.1 Å². The highest BCUT2D eigenvalue weighted by atomic mass is 16.4. The van der Waals surface area contributed by atoms with Crippen molar-refractivity contribution in [3.63, 3.8) is 0 Å². The molecule has 0 aliphatic carbocycles. The molecule has 25 heavy (non-hydrogen) atoms. The summed E-state index contributed by atoms with van der Waals surface area (Å²) in [4.78, 5) is 48.2. The molecule has 1 heterocycles. The maximum Gasteiger partial charge on any atom is 0.326 e. The minimum Gasteiger partial charge on any atom is -0.481 e. The molecule has 1 aliphatic heterocycles. The third kappa shape index (κ3) is 5.70. The van der Waals surface area contributed by atoms with Crippen LogP contribution >= 0.6 is 0 Å². The normalized spacial score (nSPS) is 20.6. The van der Waals surface area contributed by atoms with Crippen molar-refractivity contribution in [1.29, 1.82) is 0 Å². The molecular weight excluding hydrogens is 330 g/mol. The monoisotopic (exact) mass is 357 g/mol. The average Bonchev–Trinajstić information content (AvgIpc) is 3.05. The number of carboxylic acids is 2. The van der Waals surface area contributed by atoms with E-state index in [0.717, 1.165) is 0 Å². The quantitative estimate of drug-likeness (QED) is 0.445. The highest BCUT2D eigenvalue weighted by Crippen LogP contribution is 2.21. The van der Waals surface area contributed by atoms with Crippen LogP contribution in [0, 0.1) is 5.92 Å². The molecule has 0 spiro atoms. The molecule has 0 radical (unpaired) electrons. The first-order valence-electron chi connectivity index (χ1n) is 8.50. The summed E-state index contributed by atoms with van der Waals surface area (Å²) in [6.45, 7) is 3.99. The van der Waals surface area contributed by atoms with Crippen LogP contribution in [0.2, 0.25) is 0 Å². The van der Waals surface area contributed by atoms with E-state index in [4.69, 9.17) is 10.8 Å². The minimum absolute atomic E-state index is 0.0377. The summed E-state index contributed by atoms with van der Waals surface area (Å²) in [5.74, 6) is -3.36. The highest BCUT2D eigenvalue weighted by Gasteiger charge is 2.39. The van der Waals surface area contributed by atoms with Crippen molar-refractivity contribution in [2.75, 3.05) is 6.54 Å². The van der Waals surface area contributed by atoms with Crippen molar-refractivity contribution in [2.24, 2.45) is 11.7 Å². The first-order chi connectivity index (χ1) is 11.7. The number of rotatable bonds is 9. The number of aliphatic carboxylic acids is 2. The van der Waals surface area contributed by atoms with E-state index in [1.807, 2.05) is 6.92 Å². The van der Waals surface area contributed by atoms with Gasteiger partial charge in [-0.05, 0) is 25.2 Å². The Labute approximate surface area is 146 Å². The Hall–Kier alpha value is -2.16. The molecule has 2 amide bonds. The van der Waals surface area contributed by atoms with Crippen molar-refractivity contribution in [3.05, 3.63) is 0 Å². The Kier molecular flexibility index (Phi) is 7.82. The highest BCUT2D eigenvalue weighted by molar-refractivity contribution is 5.92. The van der Waals surface area contributed by atoms with Gasteiger partial charge < -0.3 is 26.2 Å². The van der Waals surface area contributed by atoms with E-state index in [2.05, 4.69) is 5.32 Å². The fourth-order valence-electron chi connectivity index (χ4n) is 2.82. The number of nitrogens with two attached hydrogens (primary N) is 1. The van der Waals surface area contributed by atoms with E-state index >= 15 is 0 Å². The first kappa shape index (κ1) is 20.9. The van der Waals surface area contributed by atoms with Gasteiger partial charge in [-0.15, -0.1) is 0 Å². The van der Waals surface area contributed by atoms with E-state index in [1.54, 1.807) is 6.92 Å². The van der Waals surface area contributed by atoms with Gasteiger partial charge >= 0.3 is 11.9 Å². The fraction of sp³-hybridized carbons (Fsp3) is 0.750. The number of amides is 2. The molecular formula is C16H27N3O6. The maximum atomic E-state index is 12.8. The second-order valence-electron chi connectivity index (χ2n) is 6.44. The predicted octanol–water partition coefficient (Wildman–Crippen LogP) is -0.215. The van der Waals surface area contributed by atoms with E-state index in [-0.39, 0.29) is 18.8 Å². The SMILES string of the molecule is CC[C@H](C)[C@H](NC(=O)[C@@H](N)CCC(=O)O)C(=O)N1CCC[C@@H]1C(=O)O. The maximum absolute atomic E-state index is 12.8. The summed E-state index contributed by atoms with van der Waals surface area (Å²) in [6.07, 6.45) is 1.31. The molecule has 1 rings (SSSR count). The van der Waals surface area contributed by atoms with Gasteiger partial charge in [0, 0.05) is 13.0 Å². The standard InChI is InChI=1S/C16H27N3O6/c1-3-9(2)13(18-14(22)10(17)6-7-12(20)21)15(23)19-8-4-5-11(19)16(24)25/h9-11,13H,3-8,17H2,1-2H3,(H,18,22)(H,20,21)(H,24,25)/t9-,10-,11+,13-/m0/s1. The summed E-state index contributed by atoms with van der Waals surface area (Å²) < 4.78 is 0. The van der Waals surface area contributed by atoms with Gasteiger partial charge in [-0.25, -0.2) is 4.79 Å². The fourth-order valence-corrected chi connectivity index (χ4v) is 2.82. The molecule has 0 unspecified atom stereocenters. The number of carbonyl (C=O) groups excluding carboxylic acids is 2. The van der Waals surface area contributed by atoms with Gasteiger partial charge in [0.25, 0.3) is 0 Å². The number of likely N-dealkylation sites (tertiary alicyclic amines) is 1. The molecule has 0 saturated carbocycles. The van der Waals surface area contributed by atoms with Gasteiger partial charge in [0.2, 0.25) is 11.8 Å². The van der Waals surface area contributed by atoms with Crippen LogP contribution in [0.5, 0.6) is 0 Å². The van der Waals surface area contributed by atoms with Crippen LogP contribution in [0.25, 0.3) is 0 Å². The lowest BCUT2D eigenvalue weighted by atomic mass is 9.96. The lowest BCUT2D eigenvalue weighted by molar-refractivity contribution is -0.150. The zero-order valence-corrected chi connectivity index (χ0v) is 14.6. The van der Waals surface area contributed by atoms with E-state index in [1.165, 1.54) is 4.90 Å². The largest absolute Gasteiger partial charge is 0.481 e. The molecule has 0 aromatic rings. The van der Waals surface area contributed by atoms with Crippen molar-refractivity contribution in [1.82, 2.24) is 10.2 Å². The lowest BCUT2D eigenvalue weighted by Gasteiger charge is -2.31. The average molecular weight is 357 g/mol. The van der Waals surface area contributed by atoms with Crippen LogP contribution in [0.4, 0.5) is 0 Å². The topological polar surface area (TPSA) is 150 Å². The summed E-state index contributed by atoms with van der Waals surface area (Å²) in [5, 5.41) is 20.5. The van der Waals surface area contributed by atoms with Crippen LogP contribution in [0.15, 0.2) is 0 Å². The Morgan fingerprint density at radius 1 is 1.28 bits per heavy atom. The number of nitrogens with zero attached hydrogens (tertiary/aromatic N) is 1. The molecule has 142 valence electrons. The van der Waals surface area contributed by atoms with Gasteiger partial charge in [0.05, 0.1) is 6.04 Å². The number of hydrogen-bond acceptors (Lipinski definition) is 5. The van der Waals surface area contributed by atoms with Crippen LogP contribution in [0.1, 0.15) is 46.0 Å².